The number of aromatic nitrogens is 1. The summed E-state index contributed by atoms with van der Waals surface area (Å²) in [5.41, 5.74) is 1.90. The van der Waals surface area contributed by atoms with Crippen LogP contribution in [-0.4, -0.2) is 54.6 Å². The zero-order chi connectivity index (χ0) is 19.4. The Bertz CT molecular complexity index is 828. The second-order valence-electron chi connectivity index (χ2n) is 6.66. The van der Waals surface area contributed by atoms with Crippen molar-refractivity contribution < 1.29 is 19.0 Å². The Balaban J connectivity index is 1.53. The summed E-state index contributed by atoms with van der Waals surface area (Å²) < 4.78 is 5.17. The standard InChI is InChI=1S/C19H23ClN4O3/c1-3-15-18(13(2)27-22-15)19(26)24-10-8-23(9-11-24)12-17(25)21-16-7-5-4-6-14(16)20/h4-7H,3,8-12H2,1-2H3,(H,21,25)/p+1. The smallest absolute Gasteiger partial charge is 0.279 e. The number of quaternary nitrogens is 1. The Morgan fingerprint density at radius 1 is 1.30 bits per heavy atom. The van der Waals surface area contributed by atoms with E-state index in [1.165, 1.54) is 0 Å². The summed E-state index contributed by atoms with van der Waals surface area (Å²) in [7, 11) is 0. The third kappa shape index (κ3) is 4.48. The summed E-state index contributed by atoms with van der Waals surface area (Å²) >= 11 is 6.07. The van der Waals surface area contributed by atoms with Crippen LogP contribution in [-0.2, 0) is 11.2 Å². The van der Waals surface area contributed by atoms with Crippen molar-refractivity contribution in [2.45, 2.75) is 20.3 Å². The highest BCUT2D eigenvalue weighted by Crippen LogP contribution is 2.20. The molecule has 7 nitrogen and oxygen atoms in total. The molecule has 1 aromatic carbocycles. The maximum Gasteiger partial charge on any atom is 0.279 e. The molecule has 3 rings (SSSR count). The lowest BCUT2D eigenvalue weighted by atomic mass is 10.1. The zero-order valence-electron chi connectivity index (χ0n) is 15.5. The van der Waals surface area contributed by atoms with Crippen molar-refractivity contribution in [3.63, 3.8) is 0 Å². The molecule has 2 N–H and O–H groups in total. The molecule has 0 unspecified atom stereocenters. The Hall–Kier alpha value is -2.38. The predicted molar refractivity (Wildman–Crippen MR) is 102 cm³/mol. The van der Waals surface area contributed by atoms with Gasteiger partial charge in [0, 0.05) is 0 Å². The van der Waals surface area contributed by atoms with Gasteiger partial charge in [0.05, 0.1) is 42.6 Å². The molecule has 0 bridgehead atoms. The number of hydrogen-bond donors (Lipinski definition) is 2. The first-order valence-electron chi connectivity index (χ1n) is 9.12. The molecule has 2 aromatic rings. The molecule has 0 spiro atoms. The molecule has 8 heteroatoms. The van der Waals surface area contributed by atoms with Gasteiger partial charge in [0.25, 0.3) is 11.8 Å². The first-order chi connectivity index (χ1) is 13.0. The molecular formula is C19H24ClN4O3+. The fraction of sp³-hybridized carbons (Fsp3) is 0.421. The van der Waals surface area contributed by atoms with E-state index in [1.54, 1.807) is 19.1 Å². The number of hydrogen-bond acceptors (Lipinski definition) is 4. The van der Waals surface area contributed by atoms with Gasteiger partial charge >= 0.3 is 0 Å². The molecule has 144 valence electrons. The van der Waals surface area contributed by atoms with Crippen LogP contribution in [0.15, 0.2) is 28.8 Å². The first-order valence-corrected chi connectivity index (χ1v) is 9.49. The number of carbonyl (C=O) groups excluding carboxylic acids is 2. The van der Waals surface area contributed by atoms with Gasteiger partial charge in [0.2, 0.25) is 0 Å². The third-order valence-electron chi connectivity index (χ3n) is 4.80. The SMILES string of the molecule is CCc1noc(C)c1C(=O)N1CC[NH+](CC(=O)Nc2ccccc2Cl)CC1. The third-order valence-corrected chi connectivity index (χ3v) is 5.13. The van der Waals surface area contributed by atoms with Crippen molar-refractivity contribution in [3.05, 3.63) is 46.3 Å². The monoisotopic (exact) mass is 391 g/mol. The van der Waals surface area contributed by atoms with Gasteiger partial charge in [-0.05, 0) is 25.5 Å². The van der Waals surface area contributed by atoms with Gasteiger partial charge in [0.15, 0.2) is 6.54 Å². The topological polar surface area (TPSA) is 79.9 Å². The molecule has 0 radical (unpaired) electrons. The van der Waals surface area contributed by atoms with E-state index in [1.807, 2.05) is 24.0 Å². The molecule has 2 amide bonds. The van der Waals surface area contributed by atoms with Crippen molar-refractivity contribution in [3.8, 4) is 0 Å². The second kappa shape index (κ2) is 8.54. The number of piperazine rings is 1. The normalized spacial score (nSPS) is 15.0. The Labute approximate surface area is 163 Å². The van der Waals surface area contributed by atoms with Crippen LogP contribution in [0.25, 0.3) is 0 Å². The van der Waals surface area contributed by atoms with Gasteiger partial charge in [-0.25, -0.2) is 0 Å². The van der Waals surface area contributed by atoms with E-state index in [0.717, 1.165) is 4.90 Å². The Morgan fingerprint density at radius 2 is 2.00 bits per heavy atom. The summed E-state index contributed by atoms with van der Waals surface area (Å²) in [4.78, 5) is 28.0. The van der Waals surface area contributed by atoms with Gasteiger partial charge < -0.3 is 19.6 Å². The highest BCUT2D eigenvalue weighted by molar-refractivity contribution is 6.33. The highest BCUT2D eigenvalue weighted by Gasteiger charge is 2.29. The molecule has 1 aliphatic heterocycles. The van der Waals surface area contributed by atoms with E-state index in [9.17, 15) is 9.59 Å². The van der Waals surface area contributed by atoms with Crippen LogP contribution in [0.1, 0.15) is 28.7 Å². The summed E-state index contributed by atoms with van der Waals surface area (Å²) in [6, 6.07) is 7.17. The number of nitrogens with one attached hydrogen (secondary N) is 2. The number of nitrogens with zero attached hydrogens (tertiary/aromatic N) is 2. The van der Waals surface area contributed by atoms with Crippen LogP contribution in [0.2, 0.25) is 5.02 Å². The molecule has 1 fully saturated rings. The van der Waals surface area contributed by atoms with Gasteiger partial charge in [-0.15, -0.1) is 0 Å². The van der Waals surface area contributed by atoms with E-state index in [-0.39, 0.29) is 11.8 Å². The predicted octanol–water partition coefficient (Wildman–Crippen LogP) is 1.18. The largest absolute Gasteiger partial charge is 0.361 e. The summed E-state index contributed by atoms with van der Waals surface area (Å²) in [6.07, 6.45) is 0.659. The number of aryl methyl sites for hydroxylation is 2. The molecule has 27 heavy (non-hydrogen) atoms. The molecule has 0 atom stereocenters. The van der Waals surface area contributed by atoms with Crippen LogP contribution in [0, 0.1) is 6.92 Å². The number of benzene rings is 1. The van der Waals surface area contributed by atoms with Crippen molar-refractivity contribution in [2.75, 3.05) is 38.0 Å². The molecule has 1 saturated heterocycles. The lowest BCUT2D eigenvalue weighted by Crippen LogP contribution is -3.15. The average molecular weight is 392 g/mol. The van der Waals surface area contributed by atoms with E-state index in [4.69, 9.17) is 16.1 Å². The quantitative estimate of drug-likeness (QED) is 0.802. The Kier molecular flexibility index (Phi) is 6.13. The van der Waals surface area contributed by atoms with Crippen molar-refractivity contribution in [2.24, 2.45) is 0 Å². The van der Waals surface area contributed by atoms with Gasteiger partial charge in [-0.2, -0.15) is 0 Å². The molecule has 1 aliphatic rings. The summed E-state index contributed by atoms with van der Waals surface area (Å²) in [5, 5.41) is 7.32. The van der Waals surface area contributed by atoms with Crippen molar-refractivity contribution >= 4 is 29.1 Å². The summed E-state index contributed by atoms with van der Waals surface area (Å²) in [6.45, 7) is 6.69. The number of rotatable bonds is 5. The highest BCUT2D eigenvalue weighted by atomic mass is 35.5. The average Bonchev–Trinajstić information content (AvgIpc) is 3.04. The number of anilines is 1. The lowest BCUT2D eigenvalue weighted by molar-refractivity contribution is -0.895. The minimum Gasteiger partial charge on any atom is -0.361 e. The number of carbonyl (C=O) groups is 2. The minimum absolute atomic E-state index is 0.0369. The molecule has 0 saturated carbocycles. The second-order valence-corrected chi connectivity index (χ2v) is 7.07. The number of halogens is 1. The lowest BCUT2D eigenvalue weighted by Gasteiger charge is -2.31. The molecule has 0 aliphatic carbocycles. The van der Waals surface area contributed by atoms with E-state index in [2.05, 4.69) is 10.5 Å². The van der Waals surface area contributed by atoms with Gasteiger partial charge in [-0.1, -0.05) is 35.8 Å². The summed E-state index contributed by atoms with van der Waals surface area (Å²) in [5.74, 6) is 0.442. The van der Waals surface area contributed by atoms with Crippen molar-refractivity contribution in [1.29, 1.82) is 0 Å². The molecule has 2 heterocycles. The van der Waals surface area contributed by atoms with E-state index < -0.39 is 0 Å². The zero-order valence-corrected chi connectivity index (χ0v) is 16.3. The van der Waals surface area contributed by atoms with E-state index >= 15 is 0 Å². The minimum atomic E-state index is -0.0824. The van der Waals surface area contributed by atoms with Crippen LogP contribution < -0.4 is 10.2 Å². The fourth-order valence-electron chi connectivity index (χ4n) is 3.28. The molecule has 1 aromatic heterocycles. The van der Waals surface area contributed by atoms with Gasteiger partial charge in [0.1, 0.15) is 11.3 Å². The van der Waals surface area contributed by atoms with Gasteiger partial charge in [-0.3, -0.25) is 9.59 Å². The van der Waals surface area contributed by atoms with Crippen LogP contribution in [0.3, 0.4) is 0 Å². The molecular weight excluding hydrogens is 368 g/mol. The Morgan fingerprint density at radius 3 is 2.67 bits per heavy atom. The maximum atomic E-state index is 12.8. The van der Waals surface area contributed by atoms with Crippen LogP contribution in [0.4, 0.5) is 5.69 Å². The van der Waals surface area contributed by atoms with E-state index in [0.29, 0.717) is 66.9 Å². The van der Waals surface area contributed by atoms with Crippen LogP contribution in [0.5, 0.6) is 0 Å². The first kappa shape index (κ1) is 19.4. The maximum absolute atomic E-state index is 12.8. The van der Waals surface area contributed by atoms with Crippen molar-refractivity contribution in [1.82, 2.24) is 10.1 Å². The van der Waals surface area contributed by atoms with Crippen LogP contribution >= 0.6 is 11.6 Å². The number of amides is 2. The number of para-hydroxylation sites is 1. The fourth-order valence-corrected chi connectivity index (χ4v) is 3.46.